The Hall–Kier alpha value is -2.14. The van der Waals surface area contributed by atoms with E-state index in [0.29, 0.717) is 32.5 Å². The minimum Gasteiger partial charge on any atom is -0.342 e. The number of aromatic nitrogens is 1. The molecule has 0 bridgehead atoms. The van der Waals surface area contributed by atoms with E-state index in [0.717, 1.165) is 23.2 Å². The maximum absolute atomic E-state index is 12.5. The molecule has 120 valence electrons. The Morgan fingerprint density at radius 3 is 2.83 bits per heavy atom. The third kappa shape index (κ3) is 3.45. The highest BCUT2D eigenvalue weighted by molar-refractivity contribution is 7.07. The van der Waals surface area contributed by atoms with E-state index in [-0.39, 0.29) is 11.5 Å². The lowest BCUT2D eigenvalue weighted by Gasteiger charge is -2.20. The fourth-order valence-corrected chi connectivity index (χ4v) is 3.72. The van der Waals surface area contributed by atoms with Gasteiger partial charge in [0.05, 0.1) is 6.42 Å². The molecule has 3 rings (SSSR count). The van der Waals surface area contributed by atoms with E-state index < -0.39 is 0 Å². The van der Waals surface area contributed by atoms with Crippen LogP contribution >= 0.6 is 11.3 Å². The summed E-state index contributed by atoms with van der Waals surface area (Å²) in [6.07, 6.45) is 3.71. The summed E-state index contributed by atoms with van der Waals surface area (Å²) in [4.78, 5) is 26.5. The van der Waals surface area contributed by atoms with Crippen molar-refractivity contribution < 1.29 is 4.79 Å². The molecular weight excluding hydrogens is 308 g/mol. The number of rotatable bonds is 4. The first-order valence-electron chi connectivity index (χ1n) is 7.80. The predicted octanol–water partition coefficient (Wildman–Crippen LogP) is 2.27. The highest BCUT2D eigenvalue weighted by Gasteiger charge is 2.20. The number of pyridine rings is 1. The Labute approximate surface area is 139 Å². The predicted molar refractivity (Wildman–Crippen MR) is 92.9 cm³/mol. The lowest BCUT2D eigenvalue weighted by Crippen LogP contribution is -2.34. The molecule has 0 unspecified atom stereocenters. The second kappa shape index (κ2) is 6.96. The summed E-state index contributed by atoms with van der Waals surface area (Å²) in [5.74, 6) is 0.161. The van der Waals surface area contributed by atoms with Crippen molar-refractivity contribution in [3.8, 4) is 0 Å². The van der Waals surface area contributed by atoms with E-state index in [2.05, 4.69) is 6.58 Å². The first kappa shape index (κ1) is 15.7. The topological polar surface area (TPSA) is 42.3 Å². The van der Waals surface area contributed by atoms with Gasteiger partial charge in [-0.15, -0.1) is 6.58 Å². The maximum Gasteiger partial charge on any atom is 0.251 e. The zero-order chi connectivity index (χ0) is 16.2. The molecule has 0 aliphatic carbocycles. The molecule has 1 amide bonds. The fraction of sp³-hybridized carbons (Fsp3) is 0.333. The molecule has 0 N–H and O–H groups in total. The van der Waals surface area contributed by atoms with Crippen LogP contribution in [0.5, 0.6) is 0 Å². The Balaban J connectivity index is 1.77. The summed E-state index contributed by atoms with van der Waals surface area (Å²) < 4.78 is 1.77. The normalized spacial score (nSPS) is 14.2. The van der Waals surface area contributed by atoms with Crippen LogP contribution in [0.25, 0.3) is 0 Å². The van der Waals surface area contributed by atoms with Crippen molar-refractivity contribution in [2.24, 2.45) is 0 Å². The molecule has 0 saturated heterocycles. The van der Waals surface area contributed by atoms with Crippen LogP contribution in [-0.4, -0.2) is 28.5 Å². The molecule has 23 heavy (non-hydrogen) atoms. The van der Waals surface area contributed by atoms with Gasteiger partial charge in [-0.05, 0) is 34.4 Å². The van der Waals surface area contributed by atoms with Crippen LogP contribution in [0.1, 0.15) is 16.8 Å². The van der Waals surface area contributed by atoms with Gasteiger partial charge in [0, 0.05) is 37.8 Å². The summed E-state index contributed by atoms with van der Waals surface area (Å²) in [7, 11) is 0. The van der Waals surface area contributed by atoms with Gasteiger partial charge in [-0.25, -0.2) is 0 Å². The average Bonchev–Trinajstić information content (AvgIpc) is 2.94. The van der Waals surface area contributed by atoms with E-state index in [4.69, 9.17) is 0 Å². The van der Waals surface area contributed by atoms with Gasteiger partial charge in [0.25, 0.3) is 5.56 Å². The minimum absolute atomic E-state index is 0.00157. The third-order valence-electron chi connectivity index (χ3n) is 4.26. The third-order valence-corrected chi connectivity index (χ3v) is 4.99. The SMILES string of the molecule is C=CCn1c2c(ccc1=O)CCN(C(=O)Cc1ccsc1)CC2. The molecule has 1 aliphatic rings. The van der Waals surface area contributed by atoms with Crippen molar-refractivity contribution >= 4 is 17.2 Å². The van der Waals surface area contributed by atoms with E-state index in [1.807, 2.05) is 27.8 Å². The molecule has 0 aromatic carbocycles. The lowest BCUT2D eigenvalue weighted by molar-refractivity contribution is -0.130. The van der Waals surface area contributed by atoms with Crippen molar-refractivity contribution in [1.82, 2.24) is 9.47 Å². The van der Waals surface area contributed by atoms with Crippen LogP contribution in [-0.2, 0) is 30.6 Å². The summed E-state index contributed by atoms with van der Waals surface area (Å²) in [6, 6.07) is 5.52. The van der Waals surface area contributed by atoms with Crippen LogP contribution in [0.15, 0.2) is 46.4 Å². The largest absolute Gasteiger partial charge is 0.342 e. The standard InChI is InChI=1S/C18H20N2O2S/c1-2-8-20-16-6-10-19(9-5-15(16)3-4-17(20)21)18(22)12-14-7-11-23-13-14/h2-4,7,11,13H,1,5-6,8-10,12H2. The highest BCUT2D eigenvalue weighted by atomic mass is 32.1. The molecule has 0 spiro atoms. The Morgan fingerprint density at radius 2 is 2.09 bits per heavy atom. The molecule has 5 heteroatoms. The van der Waals surface area contributed by atoms with E-state index in [1.54, 1.807) is 28.0 Å². The first-order chi connectivity index (χ1) is 11.2. The molecule has 1 aliphatic heterocycles. The van der Waals surface area contributed by atoms with Gasteiger partial charge in [-0.2, -0.15) is 11.3 Å². The maximum atomic E-state index is 12.5. The Kier molecular flexibility index (Phi) is 4.76. The Bertz CT molecular complexity index is 762. The number of hydrogen-bond donors (Lipinski definition) is 0. The second-order valence-corrected chi connectivity index (χ2v) is 6.51. The summed E-state index contributed by atoms with van der Waals surface area (Å²) in [6.45, 7) is 5.62. The average molecular weight is 328 g/mol. The van der Waals surface area contributed by atoms with Gasteiger partial charge < -0.3 is 9.47 Å². The number of thiophene rings is 1. The highest BCUT2D eigenvalue weighted by Crippen LogP contribution is 2.16. The fourth-order valence-electron chi connectivity index (χ4n) is 3.05. The monoisotopic (exact) mass is 328 g/mol. The van der Waals surface area contributed by atoms with Crippen LogP contribution in [0.3, 0.4) is 0 Å². The second-order valence-electron chi connectivity index (χ2n) is 5.73. The first-order valence-corrected chi connectivity index (χ1v) is 8.74. The van der Waals surface area contributed by atoms with E-state index >= 15 is 0 Å². The molecule has 0 fully saturated rings. The van der Waals surface area contributed by atoms with Crippen molar-refractivity contribution in [1.29, 1.82) is 0 Å². The van der Waals surface area contributed by atoms with Crippen molar-refractivity contribution in [3.05, 3.63) is 68.8 Å². The zero-order valence-electron chi connectivity index (χ0n) is 13.0. The summed E-state index contributed by atoms with van der Waals surface area (Å²) in [5.41, 5.74) is 3.28. The number of amides is 1. The molecule has 0 atom stereocenters. The summed E-state index contributed by atoms with van der Waals surface area (Å²) in [5, 5.41) is 4.01. The smallest absolute Gasteiger partial charge is 0.251 e. The number of nitrogens with zero attached hydrogens (tertiary/aromatic N) is 2. The van der Waals surface area contributed by atoms with Gasteiger partial charge in [-0.3, -0.25) is 9.59 Å². The lowest BCUT2D eigenvalue weighted by atomic mass is 10.1. The quantitative estimate of drug-likeness (QED) is 0.808. The van der Waals surface area contributed by atoms with Gasteiger partial charge in [0.2, 0.25) is 5.91 Å². The van der Waals surface area contributed by atoms with Gasteiger partial charge in [0.15, 0.2) is 0 Å². The summed E-state index contributed by atoms with van der Waals surface area (Å²) >= 11 is 1.61. The minimum atomic E-state index is 0.00157. The number of hydrogen-bond acceptors (Lipinski definition) is 3. The number of allylic oxidation sites excluding steroid dienone is 1. The van der Waals surface area contributed by atoms with Gasteiger partial charge in [-0.1, -0.05) is 12.1 Å². The zero-order valence-corrected chi connectivity index (χ0v) is 13.8. The molecule has 0 radical (unpaired) electrons. The molecule has 2 aromatic heterocycles. The number of carbonyl (C=O) groups excluding carboxylic acids is 1. The molecule has 2 aromatic rings. The van der Waals surface area contributed by atoms with Crippen LogP contribution in [0.2, 0.25) is 0 Å². The number of fused-ring (bicyclic) bond motifs is 1. The van der Waals surface area contributed by atoms with Crippen LogP contribution < -0.4 is 5.56 Å². The number of carbonyl (C=O) groups is 1. The van der Waals surface area contributed by atoms with Gasteiger partial charge in [0.1, 0.15) is 0 Å². The molecular formula is C18H20N2O2S. The Morgan fingerprint density at radius 1 is 1.26 bits per heavy atom. The van der Waals surface area contributed by atoms with Crippen LogP contribution in [0, 0.1) is 0 Å². The van der Waals surface area contributed by atoms with E-state index in [9.17, 15) is 9.59 Å². The molecule has 0 saturated carbocycles. The molecule has 3 heterocycles. The van der Waals surface area contributed by atoms with Gasteiger partial charge >= 0.3 is 0 Å². The van der Waals surface area contributed by atoms with Crippen LogP contribution in [0.4, 0.5) is 0 Å². The molecule has 4 nitrogen and oxygen atoms in total. The van der Waals surface area contributed by atoms with Crippen molar-refractivity contribution in [3.63, 3.8) is 0 Å². The van der Waals surface area contributed by atoms with Crippen molar-refractivity contribution in [2.45, 2.75) is 25.8 Å². The van der Waals surface area contributed by atoms with E-state index in [1.165, 1.54) is 0 Å². The van der Waals surface area contributed by atoms with Crippen molar-refractivity contribution in [2.75, 3.05) is 13.1 Å².